The van der Waals surface area contributed by atoms with Crippen molar-refractivity contribution in [2.24, 2.45) is 0 Å². The molecule has 18 heavy (non-hydrogen) atoms. The summed E-state index contributed by atoms with van der Waals surface area (Å²) in [6, 6.07) is 5.84. The lowest BCUT2D eigenvalue weighted by molar-refractivity contribution is 0.454. The number of aromatic hydroxyl groups is 1. The molecule has 0 aliphatic heterocycles. The average molecular weight is 247 g/mol. The van der Waals surface area contributed by atoms with Gasteiger partial charge in [-0.15, -0.1) is 0 Å². The molecule has 2 N–H and O–H groups in total. The number of hydrogen-bond acceptors (Lipinski definition) is 2. The van der Waals surface area contributed by atoms with Crippen molar-refractivity contribution in [2.75, 3.05) is 0 Å². The maximum Gasteiger partial charge on any atom is 0.248 e. The van der Waals surface area contributed by atoms with Crippen molar-refractivity contribution in [3.63, 3.8) is 0 Å². The number of nitrogens with one attached hydrogen (secondary N) is 1. The van der Waals surface area contributed by atoms with Gasteiger partial charge < -0.3 is 10.1 Å². The summed E-state index contributed by atoms with van der Waals surface area (Å²) in [5.74, 6) is -0.640. The molecule has 0 radical (unpaired) electrons. The Morgan fingerprint density at radius 1 is 1.22 bits per heavy atom. The van der Waals surface area contributed by atoms with Crippen LogP contribution in [-0.4, -0.2) is 10.1 Å². The van der Waals surface area contributed by atoms with Gasteiger partial charge in [-0.2, -0.15) is 0 Å². The van der Waals surface area contributed by atoms with E-state index in [1.165, 1.54) is 24.4 Å². The van der Waals surface area contributed by atoms with Crippen LogP contribution >= 0.6 is 0 Å². The van der Waals surface area contributed by atoms with Gasteiger partial charge in [0, 0.05) is 17.8 Å². The largest absolute Gasteiger partial charge is 0.508 e. The van der Waals surface area contributed by atoms with Crippen molar-refractivity contribution in [3.05, 3.63) is 52.2 Å². The van der Waals surface area contributed by atoms with Gasteiger partial charge >= 0.3 is 0 Å². The topological polar surface area (TPSA) is 53.1 Å². The highest BCUT2D eigenvalue weighted by Crippen LogP contribution is 2.32. The van der Waals surface area contributed by atoms with Crippen LogP contribution < -0.4 is 5.56 Å². The zero-order valence-corrected chi connectivity index (χ0v) is 10.2. The van der Waals surface area contributed by atoms with Crippen LogP contribution in [0.1, 0.15) is 25.3 Å². The molecule has 0 aliphatic rings. The molecule has 2 rings (SSSR count). The molecule has 0 saturated carbocycles. The van der Waals surface area contributed by atoms with Crippen molar-refractivity contribution in [3.8, 4) is 16.9 Å². The van der Waals surface area contributed by atoms with E-state index in [0.29, 0.717) is 16.7 Å². The molecule has 0 bridgehead atoms. The quantitative estimate of drug-likeness (QED) is 0.857. The van der Waals surface area contributed by atoms with Crippen molar-refractivity contribution >= 4 is 0 Å². The van der Waals surface area contributed by atoms with E-state index in [4.69, 9.17) is 0 Å². The Bertz CT molecular complexity index is 609. The second kappa shape index (κ2) is 4.64. The molecule has 0 amide bonds. The van der Waals surface area contributed by atoms with E-state index < -0.39 is 5.82 Å². The molecule has 1 aromatic carbocycles. The Balaban J connectivity index is 2.58. The fraction of sp³-hybridized carbons (Fsp3) is 0.214. The van der Waals surface area contributed by atoms with E-state index in [1.54, 1.807) is 6.07 Å². The normalized spacial score (nSPS) is 10.9. The van der Waals surface area contributed by atoms with Gasteiger partial charge in [-0.1, -0.05) is 13.8 Å². The first-order chi connectivity index (χ1) is 8.49. The van der Waals surface area contributed by atoms with Gasteiger partial charge in [0.25, 0.3) is 0 Å². The first-order valence-electron chi connectivity index (χ1n) is 5.70. The lowest BCUT2D eigenvalue weighted by Crippen LogP contribution is -2.02. The lowest BCUT2D eigenvalue weighted by atomic mass is 9.97. The Labute approximate surface area is 104 Å². The Kier molecular flexibility index (Phi) is 3.19. The van der Waals surface area contributed by atoms with E-state index in [0.717, 1.165) is 0 Å². The number of pyridine rings is 1. The number of benzene rings is 1. The third-order valence-electron chi connectivity index (χ3n) is 2.79. The third-order valence-corrected chi connectivity index (χ3v) is 2.79. The van der Waals surface area contributed by atoms with Crippen LogP contribution in [0.4, 0.5) is 4.39 Å². The Morgan fingerprint density at radius 3 is 2.50 bits per heavy atom. The Morgan fingerprint density at radius 2 is 1.94 bits per heavy atom. The molecule has 1 heterocycles. The molecule has 2 aromatic rings. The fourth-order valence-electron chi connectivity index (χ4n) is 1.97. The molecule has 94 valence electrons. The van der Waals surface area contributed by atoms with Gasteiger partial charge in [0.2, 0.25) is 5.56 Å². The van der Waals surface area contributed by atoms with Crippen molar-refractivity contribution in [1.82, 2.24) is 4.98 Å². The molecule has 4 heteroatoms. The minimum Gasteiger partial charge on any atom is -0.508 e. The zero-order valence-electron chi connectivity index (χ0n) is 10.2. The average Bonchev–Trinajstić information content (AvgIpc) is 2.27. The van der Waals surface area contributed by atoms with Gasteiger partial charge in [0.1, 0.15) is 11.6 Å². The lowest BCUT2D eigenvalue weighted by Gasteiger charge is -2.11. The minimum atomic E-state index is -0.458. The maximum absolute atomic E-state index is 13.9. The fourth-order valence-corrected chi connectivity index (χ4v) is 1.97. The maximum atomic E-state index is 13.9. The molecule has 0 unspecified atom stereocenters. The Hall–Kier alpha value is -2.10. The van der Waals surface area contributed by atoms with Crippen LogP contribution in [0.25, 0.3) is 11.1 Å². The van der Waals surface area contributed by atoms with E-state index in [2.05, 4.69) is 4.98 Å². The third kappa shape index (κ3) is 2.27. The number of aromatic amines is 1. The number of H-pyrrole nitrogens is 1. The number of aromatic nitrogens is 1. The number of halogens is 1. The van der Waals surface area contributed by atoms with Gasteiger partial charge in [0.15, 0.2) is 0 Å². The molecule has 0 aliphatic carbocycles. The molecule has 0 fully saturated rings. The number of rotatable bonds is 2. The molecule has 0 saturated heterocycles. The summed E-state index contributed by atoms with van der Waals surface area (Å²) in [5, 5.41) is 9.85. The monoisotopic (exact) mass is 247 g/mol. The van der Waals surface area contributed by atoms with Crippen LogP contribution in [0.5, 0.6) is 5.75 Å². The van der Waals surface area contributed by atoms with Crippen LogP contribution in [0.2, 0.25) is 0 Å². The van der Waals surface area contributed by atoms with Gasteiger partial charge in [-0.25, -0.2) is 4.39 Å². The van der Waals surface area contributed by atoms with Crippen molar-refractivity contribution < 1.29 is 9.50 Å². The molecule has 3 nitrogen and oxygen atoms in total. The molecular formula is C14H14FNO2. The predicted molar refractivity (Wildman–Crippen MR) is 68.2 cm³/mol. The minimum absolute atomic E-state index is 0.0831. The highest BCUT2D eigenvalue weighted by Gasteiger charge is 2.14. The number of phenolic OH excluding ortho intramolecular Hbond substituents is 1. The van der Waals surface area contributed by atoms with E-state index >= 15 is 0 Å². The van der Waals surface area contributed by atoms with E-state index in [-0.39, 0.29) is 17.2 Å². The van der Waals surface area contributed by atoms with Gasteiger partial charge in [-0.3, -0.25) is 4.79 Å². The highest BCUT2D eigenvalue weighted by atomic mass is 19.1. The second-order valence-corrected chi connectivity index (χ2v) is 4.49. The summed E-state index contributed by atoms with van der Waals surface area (Å²) in [6.45, 7) is 3.62. The number of phenols is 1. The van der Waals surface area contributed by atoms with Crippen LogP contribution in [0, 0.1) is 5.82 Å². The standard InChI is InChI=1S/C14H14FNO2/c1-8(2)14-11(15)5-10(6-12(14)17)9-3-4-16-13(18)7-9/h3-8,17H,1-2H3,(H,16,18). The summed E-state index contributed by atoms with van der Waals surface area (Å²) in [7, 11) is 0. The van der Waals surface area contributed by atoms with E-state index in [9.17, 15) is 14.3 Å². The summed E-state index contributed by atoms with van der Waals surface area (Å²) in [4.78, 5) is 13.7. The van der Waals surface area contributed by atoms with Gasteiger partial charge in [0.05, 0.1) is 0 Å². The highest BCUT2D eigenvalue weighted by molar-refractivity contribution is 5.65. The SMILES string of the molecule is CC(C)c1c(O)cc(-c2cc[nH]c(=O)c2)cc1F. The summed E-state index contributed by atoms with van der Waals surface area (Å²) in [5.41, 5.74) is 1.09. The summed E-state index contributed by atoms with van der Waals surface area (Å²) in [6.07, 6.45) is 1.49. The first kappa shape index (κ1) is 12.4. The van der Waals surface area contributed by atoms with Crippen LogP contribution in [0.15, 0.2) is 35.3 Å². The molecule has 1 aromatic heterocycles. The van der Waals surface area contributed by atoms with Crippen molar-refractivity contribution in [2.45, 2.75) is 19.8 Å². The molecule has 0 spiro atoms. The molecular weight excluding hydrogens is 233 g/mol. The van der Waals surface area contributed by atoms with Crippen LogP contribution in [-0.2, 0) is 0 Å². The number of hydrogen-bond donors (Lipinski definition) is 2. The predicted octanol–water partition coefficient (Wildman–Crippen LogP) is 3.01. The molecule has 0 atom stereocenters. The summed E-state index contributed by atoms with van der Waals surface area (Å²) < 4.78 is 13.9. The van der Waals surface area contributed by atoms with Crippen molar-refractivity contribution in [1.29, 1.82) is 0 Å². The van der Waals surface area contributed by atoms with E-state index in [1.807, 2.05) is 13.8 Å². The summed E-state index contributed by atoms with van der Waals surface area (Å²) >= 11 is 0. The van der Waals surface area contributed by atoms with Crippen LogP contribution in [0.3, 0.4) is 0 Å². The zero-order chi connectivity index (χ0) is 13.3. The van der Waals surface area contributed by atoms with Gasteiger partial charge in [-0.05, 0) is 35.2 Å². The smallest absolute Gasteiger partial charge is 0.248 e. The second-order valence-electron chi connectivity index (χ2n) is 4.49. The first-order valence-corrected chi connectivity index (χ1v) is 5.70.